The zero-order valence-electron chi connectivity index (χ0n) is 7.46. The number of aliphatic carboxylic acids is 1. The highest BCUT2D eigenvalue weighted by atomic mass is 16.4. The molecule has 0 fully saturated rings. The first kappa shape index (κ1) is 10.7. The predicted octanol–water partition coefficient (Wildman–Crippen LogP) is 0.539. The molecule has 0 saturated carbocycles. The van der Waals surface area contributed by atoms with Gasteiger partial charge in [0.2, 0.25) is 0 Å². The Morgan fingerprint density at radius 1 is 1.50 bits per heavy atom. The Kier molecular flexibility index (Phi) is 3.67. The zero-order chi connectivity index (χ0) is 10.6. The molecule has 0 aliphatic heterocycles. The number of carbonyl (C=O) groups is 1. The van der Waals surface area contributed by atoms with Gasteiger partial charge in [-0.15, -0.1) is 0 Å². The monoisotopic (exact) mass is 200 g/mol. The molecule has 2 unspecified atom stereocenters. The van der Waals surface area contributed by atoms with Crippen LogP contribution in [-0.4, -0.2) is 27.4 Å². The molecule has 0 aromatic carbocycles. The molecule has 78 valence electrons. The lowest BCUT2D eigenvalue weighted by Gasteiger charge is -2.12. The molecule has 0 bridgehead atoms. The normalized spacial score (nSPS) is 15.0. The maximum Gasteiger partial charge on any atom is 0.305 e. The van der Waals surface area contributed by atoms with Crippen LogP contribution < -0.4 is 0 Å². The zero-order valence-corrected chi connectivity index (χ0v) is 7.46. The molecule has 14 heavy (non-hydrogen) atoms. The predicted molar refractivity (Wildman–Crippen MR) is 46.5 cm³/mol. The van der Waals surface area contributed by atoms with Gasteiger partial charge in [0.15, 0.2) is 0 Å². The molecule has 0 amide bonds. The minimum Gasteiger partial charge on any atom is -0.481 e. The largest absolute Gasteiger partial charge is 0.481 e. The van der Waals surface area contributed by atoms with Gasteiger partial charge in [-0.05, 0) is 6.07 Å². The number of hydrogen-bond donors (Lipinski definition) is 3. The van der Waals surface area contributed by atoms with E-state index >= 15 is 0 Å². The number of aliphatic hydroxyl groups excluding tert-OH is 2. The maximum atomic E-state index is 10.2. The van der Waals surface area contributed by atoms with Crippen molar-refractivity contribution in [3.05, 3.63) is 24.2 Å². The summed E-state index contributed by atoms with van der Waals surface area (Å²) in [5, 5.41) is 27.1. The Morgan fingerprint density at radius 3 is 2.71 bits per heavy atom. The summed E-state index contributed by atoms with van der Waals surface area (Å²) in [5.41, 5.74) is 0.537. The van der Waals surface area contributed by atoms with E-state index in [0.29, 0.717) is 5.56 Å². The minimum absolute atomic E-state index is 0.00810. The van der Waals surface area contributed by atoms with Crippen molar-refractivity contribution in [2.24, 2.45) is 0 Å². The van der Waals surface area contributed by atoms with Crippen LogP contribution in [0.15, 0.2) is 23.0 Å². The summed E-state index contributed by atoms with van der Waals surface area (Å²) in [5.74, 6) is -1.09. The lowest BCUT2D eigenvalue weighted by Crippen LogP contribution is -2.16. The number of furan rings is 1. The van der Waals surface area contributed by atoms with Crippen LogP contribution in [0.2, 0.25) is 0 Å². The average molecular weight is 200 g/mol. The van der Waals surface area contributed by atoms with E-state index in [-0.39, 0.29) is 12.8 Å². The molecule has 1 aromatic heterocycles. The van der Waals surface area contributed by atoms with Crippen molar-refractivity contribution in [1.29, 1.82) is 0 Å². The summed E-state index contributed by atoms with van der Waals surface area (Å²) in [7, 11) is 0. The van der Waals surface area contributed by atoms with Crippen molar-refractivity contribution in [2.45, 2.75) is 25.0 Å². The first-order chi connectivity index (χ1) is 6.59. The van der Waals surface area contributed by atoms with Crippen molar-refractivity contribution in [3.63, 3.8) is 0 Å². The van der Waals surface area contributed by atoms with E-state index in [2.05, 4.69) is 0 Å². The molecular formula is C9H12O5. The highest BCUT2D eigenvalue weighted by Gasteiger charge is 2.16. The Bertz CT molecular complexity index is 279. The molecule has 0 aliphatic rings. The van der Waals surface area contributed by atoms with Crippen molar-refractivity contribution < 1.29 is 24.5 Å². The van der Waals surface area contributed by atoms with Gasteiger partial charge < -0.3 is 19.7 Å². The molecule has 1 heterocycles. The third-order valence-corrected chi connectivity index (χ3v) is 1.83. The van der Waals surface area contributed by atoms with Crippen molar-refractivity contribution in [1.82, 2.24) is 0 Å². The third-order valence-electron chi connectivity index (χ3n) is 1.83. The number of aliphatic hydroxyl groups is 2. The molecule has 2 atom stereocenters. The standard InChI is InChI=1S/C9H12O5/c10-7(4-9(12)13)3-8(11)6-1-2-14-5-6/h1-2,5,7-8,10-11H,3-4H2,(H,12,13). The van der Waals surface area contributed by atoms with Crippen molar-refractivity contribution in [3.8, 4) is 0 Å². The van der Waals surface area contributed by atoms with Crippen molar-refractivity contribution in [2.75, 3.05) is 0 Å². The molecule has 0 saturated heterocycles. The summed E-state index contributed by atoms with van der Waals surface area (Å²) in [6, 6.07) is 1.57. The molecular weight excluding hydrogens is 188 g/mol. The van der Waals surface area contributed by atoms with Crippen molar-refractivity contribution >= 4 is 5.97 Å². The first-order valence-corrected chi connectivity index (χ1v) is 4.19. The maximum absolute atomic E-state index is 10.2. The number of rotatable bonds is 5. The highest BCUT2D eigenvalue weighted by Crippen LogP contribution is 2.19. The van der Waals surface area contributed by atoms with E-state index in [1.807, 2.05) is 0 Å². The fourth-order valence-corrected chi connectivity index (χ4v) is 1.14. The minimum atomic E-state index is -1.09. The summed E-state index contributed by atoms with van der Waals surface area (Å²) >= 11 is 0. The van der Waals surface area contributed by atoms with Gasteiger partial charge in [0.05, 0.1) is 31.2 Å². The molecule has 1 aromatic rings. The van der Waals surface area contributed by atoms with Crippen LogP contribution in [0.25, 0.3) is 0 Å². The second-order valence-corrected chi connectivity index (χ2v) is 3.06. The summed E-state index contributed by atoms with van der Waals surface area (Å²) in [4.78, 5) is 10.2. The van der Waals surface area contributed by atoms with E-state index in [9.17, 15) is 15.0 Å². The molecule has 1 rings (SSSR count). The molecule has 0 radical (unpaired) electrons. The van der Waals surface area contributed by atoms with E-state index in [1.54, 1.807) is 6.07 Å². The van der Waals surface area contributed by atoms with Crippen LogP contribution in [-0.2, 0) is 4.79 Å². The van der Waals surface area contributed by atoms with Gasteiger partial charge in [-0.2, -0.15) is 0 Å². The summed E-state index contributed by atoms with van der Waals surface area (Å²) < 4.78 is 4.74. The fraction of sp³-hybridized carbons (Fsp3) is 0.444. The quantitative estimate of drug-likeness (QED) is 0.645. The molecule has 0 aliphatic carbocycles. The van der Waals surface area contributed by atoms with E-state index in [1.165, 1.54) is 12.5 Å². The second-order valence-electron chi connectivity index (χ2n) is 3.06. The molecule has 0 spiro atoms. The first-order valence-electron chi connectivity index (χ1n) is 4.19. The Labute approximate surface area is 80.6 Å². The van der Waals surface area contributed by atoms with Crippen LogP contribution in [0.5, 0.6) is 0 Å². The second kappa shape index (κ2) is 4.78. The summed E-state index contributed by atoms with van der Waals surface area (Å²) in [6.45, 7) is 0. The van der Waals surface area contributed by atoms with Gasteiger partial charge in [-0.1, -0.05) is 0 Å². The molecule has 5 heteroatoms. The number of carboxylic acid groups (broad SMARTS) is 1. The lowest BCUT2D eigenvalue weighted by atomic mass is 10.0. The van der Waals surface area contributed by atoms with Gasteiger partial charge in [0.25, 0.3) is 0 Å². The van der Waals surface area contributed by atoms with E-state index < -0.39 is 18.2 Å². The Hall–Kier alpha value is -1.33. The number of carboxylic acids is 1. The summed E-state index contributed by atoms with van der Waals surface area (Å²) in [6.07, 6.45) is 0.460. The van der Waals surface area contributed by atoms with Gasteiger partial charge in [-0.3, -0.25) is 4.79 Å². The SMILES string of the molecule is O=C(O)CC(O)CC(O)c1ccoc1. The van der Waals surface area contributed by atoms with E-state index in [0.717, 1.165) is 0 Å². The van der Waals surface area contributed by atoms with Crippen LogP contribution in [0, 0.1) is 0 Å². The lowest BCUT2D eigenvalue weighted by molar-refractivity contribution is -0.139. The average Bonchev–Trinajstić information content (AvgIpc) is 2.53. The van der Waals surface area contributed by atoms with Gasteiger partial charge in [0.1, 0.15) is 0 Å². The third kappa shape index (κ3) is 3.20. The van der Waals surface area contributed by atoms with Crippen LogP contribution in [0.1, 0.15) is 24.5 Å². The highest BCUT2D eigenvalue weighted by molar-refractivity contribution is 5.67. The molecule has 3 N–H and O–H groups in total. The Balaban J connectivity index is 2.41. The van der Waals surface area contributed by atoms with Crippen LogP contribution >= 0.6 is 0 Å². The van der Waals surface area contributed by atoms with Gasteiger partial charge >= 0.3 is 5.97 Å². The Morgan fingerprint density at radius 2 is 2.21 bits per heavy atom. The smallest absolute Gasteiger partial charge is 0.305 e. The fourth-order valence-electron chi connectivity index (χ4n) is 1.14. The van der Waals surface area contributed by atoms with Crippen LogP contribution in [0.4, 0.5) is 0 Å². The van der Waals surface area contributed by atoms with E-state index in [4.69, 9.17) is 9.52 Å². The van der Waals surface area contributed by atoms with Gasteiger partial charge in [-0.25, -0.2) is 0 Å². The topological polar surface area (TPSA) is 90.9 Å². The number of hydrogen-bond acceptors (Lipinski definition) is 4. The van der Waals surface area contributed by atoms with Crippen LogP contribution in [0.3, 0.4) is 0 Å². The van der Waals surface area contributed by atoms with Gasteiger partial charge in [0, 0.05) is 12.0 Å². The molecule has 5 nitrogen and oxygen atoms in total.